The Morgan fingerprint density at radius 3 is 1.33 bits per heavy atom. The third kappa shape index (κ3) is 8.82. The Morgan fingerprint density at radius 1 is 1.00 bits per heavy atom. The zero-order valence-corrected chi connectivity index (χ0v) is 5.64. The average molecular weight is 174 g/mol. The van der Waals surface area contributed by atoms with Crippen molar-refractivity contribution in [2.75, 3.05) is 14.2 Å². The van der Waals surface area contributed by atoms with Crippen LogP contribution in [0.3, 0.4) is 0 Å². The van der Waals surface area contributed by atoms with Crippen molar-refractivity contribution in [3.8, 4) is 0 Å². The molecule has 0 aliphatic heterocycles. The Balaban J connectivity index is 0. The Hall–Kier alpha value is 0.568. The summed E-state index contributed by atoms with van der Waals surface area (Å²) >= 11 is 0. The topological polar surface area (TPSA) is 27.7 Å². The molecule has 0 amide bonds. The molecule has 0 aromatic rings. The van der Waals surface area contributed by atoms with Gasteiger partial charge < -0.3 is 0 Å². The summed E-state index contributed by atoms with van der Waals surface area (Å²) in [6.45, 7) is 0. The van der Waals surface area contributed by atoms with Gasteiger partial charge in [0.15, 0.2) is 0 Å². The van der Waals surface area contributed by atoms with E-state index >= 15 is 0 Å². The van der Waals surface area contributed by atoms with Gasteiger partial charge in [-0.05, 0) is 0 Å². The molecular formula is C2H6MoO3. The largest absolute Gasteiger partial charge is 0.210 e. The van der Waals surface area contributed by atoms with Crippen molar-refractivity contribution >= 4 is 0 Å². The third-order valence-electron chi connectivity index (χ3n) is 0.136. The van der Waals surface area contributed by atoms with Gasteiger partial charge in [0.1, 0.15) is 0 Å². The zero-order chi connectivity index (χ0) is 4.12. The fraction of sp³-hybridized carbons (Fsp3) is 1.00. The van der Waals surface area contributed by atoms with Gasteiger partial charge in [-0.2, -0.15) is 0 Å². The summed E-state index contributed by atoms with van der Waals surface area (Å²) in [6, 6.07) is 0. The first-order valence-corrected chi connectivity index (χ1v) is 1.15. The van der Waals surface area contributed by atoms with Crippen LogP contribution in [0.25, 0.3) is 0 Å². The van der Waals surface area contributed by atoms with Crippen LogP contribution in [0.4, 0.5) is 0 Å². The van der Waals surface area contributed by atoms with Crippen LogP contribution >= 0.6 is 0 Å². The minimum Gasteiger partial charge on any atom is -0.210 e. The van der Waals surface area contributed by atoms with E-state index in [0.717, 1.165) is 0 Å². The summed E-state index contributed by atoms with van der Waals surface area (Å²) in [5, 5.41) is 3.83. The van der Waals surface area contributed by atoms with Crippen molar-refractivity contribution in [3.63, 3.8) is 0 Å². The molecule has 0 aliphatic carbocycles. The van der Waals surface area contributed by atoms with Crippen LogP contribution < -0.4 is 0 Å². The maximum Gasteiger partial charge on any atom is 0.0744 e. The summed E-state index contributed by atoms with van der Waals surface area (Å²) in [6.07, 6.45) is 0. The van der Waals surface area contributed by atoms with Gasteiger partial charge in [0, 0.05) is 21.1 Å². The Morgan fingerprint density at radius 2 is 1.33 bits per heavy atom. The molecule has 0 aromatic heterocycles. The molecule has 0 saturated heterocycles. The van der Waals surface area contributed by atoms with E-state index in [1.165, 1.54) is 14.2 Å². The van der Waals surface area contributed by atoms with Gasteiger partial charge in [0.2, 0.25) is 0 Å². The second-order valence-electron chi connectivity index (χ2n) is 0.401. The SMILES string of the molecule is COOOC.[Mo]. The fourth-order valence-corrected chi connectivity index (χ4v) is 0.0680. The number of hydrogen-bond acceptors (Lipinski definition) is 3. The molecular weight excluding hydrogens is 168 g/mol. The van der Waals surface area contributed by atoms with Crippen LogP contribution in [-0.4, -0.2) is 14.2 Å². The molecule has 0 atom stereocenters. The zero-order valence-electron chi connectivity index (χ0n) is 3.63. The van der Waals surface area contributed by atoms with E-state index in [1.807, 2.05) is 0 Å². The van der Waals surface area contributed by atoms with Crippen molar-refractivity contribution < 1.29 is 35.9 Å². The molecule has 0 fully saturated rings. The first-order chi connectivity index (χ1) is 2.41. The summed E-state index contributed by atoms with van der Waals surface area (Å²) in [4.78, 5) is 7.94. The Labute approximate surface area is 50.7 Å². The maximum atomic E-state index is 3.97. The molecule has 0 heterocycles. The molecule has 0 unspecified atom stereocenters. The van der Waals surface area contributed by atoms with E-state index in [0.29, 0.717) is 0 Å². The Bertz CT molecular complexity index is 16.3. The minimum absolute atomic E-state index is 0. The summed E-state index contributed by atoms with van der Waals surface area (Å²) in [7, 11) is 2.73. The second kappa shape index (κ2) is 9.13. The molecule has 0 spiro atoms. The van der Waals surface area contributed by atoms with Gasteiger partial charge in [0.25, 0.3) is 0 Å². The standard InChI is InChI=1S/C2H6O3.Mo/c1-3-5-4-2;/h1-2H3;. The van der Waals surface area contributed by atoms with E-state index < -0.39 is 0 Å². The van der Waals surface area contributed by atoms with Gasteiger partial charge in [0.05, 0.1) is 14.2 Å². The van der Waals surface area contributed by atoms with Crippen LogP contribution in [0, 0.1) is 0 Å². The van der Waals surface area contributed by atoms with Crippen LogP contribution in [0.15, 0.2) is 0 Å². The smallest absolute Gasteiger partial charge is 0.0744 e. The summed E-state index contributed by atoms with van der Waals surface area (Å²) in [5.41, 5.74) is 0. The molecule has 0 saturated carbocycles. The summed E-state index contributed by atoms with van der Waals surface area (Å²) < 4.78 is 0. The van der Waals surface area contributed by atoms with Crippen molar-refractivity contribution in [2.24, 2.45) is 0 Å². The molecule has 6 heavy (non-hydrogen) atoms. The van der Waals surface area contributed by atoms with Gasteiger partial charge in [-0.3, -0.25) is 0 Å². The molecule has 0 N–H and O–H groups in total. The normalized spacial score (nSPS) is 7.00. The van der Waals surface area contributed by atoms with Crippen LogP contribution in [-0.2, 0) is 35.9 Å². The van der Waals surface area contributed by atoms with Crippen LogP contribution in [0.2, 0.25) is 0 Å². The first kappa shape index (κ1) is 9.76. The molecule has 4 heteroatoms. The molecule has 38 valence electrons. The fourth-order valence-electron chi connectivity index (χ4n) is 0.0680. The van der Waals surface area contributed by atoms with Gasteiger partial charge in [-0.1, -0.05) is 5.04 Å². The quantitative estimate of drug-likeness (QED) is 0.338. The molecule has 0 radical (unpaired) electrons. The maximum absolute atomic E-state index is 3.97. The predicted octanol–water partition coefficient (Wildman–Crippen LogP) is 0.123. The third-order valence-corrected chi connectivity index (χ3v) is 0.136. The van der Waals surface area contributed by atoms with Crippen LogP contribution in [0.1, 0.15) is 0 Å². The second-order valence-corrected chi connectivity index (χ2v) is 0.401. The van der Waals surface area contributed by atoms with Crippen molar-refractivity contribution in [3.05, 3.63) is 0 Å². The average Bonchev–Trinajstić information content (AvgIpc) is 1.41. The molecule has 0 rings (SSSR count). The van der Waals surface area contributed by atoms with E-state index in [1.54, 1.807) is 0 Å². The van der Waals surface area contributed by atoms with E-state index in [-0.39, 0.29) is 21.1 Å². The van der Waals surface area contributed by atoms with Crippen molar-refractivity contribution in [1.29, 1.82) is 0 Å². The van der Waals surface area contributed by atoms with Gasteiger partial charge >= 0.3 is 0 Å². The van der Waals surface area contributed by atoms with Crippen molar-refractivity contribution in [2.45, 2.75) is 0 Å². The molecule has 3 nitrogen and oxygen atoms in total. The van der Waals surface area contributed by atoms with Crippen LogP contribution in [0.5, 0.6) is 0 Å². The minimum atomic E-state index is 0. The Kier molecular flexibility index (Phi) is 14.8. The number of hydrogen-bond donors (Lipinski definition) is 0. The monoisotopic (exact) mass is 176 g/mol. The van der Waals surface area contributed by atoms with E-state index in [2.05, 4.69) is 14.8 Å². The number of rotatable bonds is 2. The first-order valence-electron chi connectivity index (χ1n) is 1.15. The van der Waals surface area contributed by atoms with E-state index in [4.69, 9.17) is 0 Å². The predicted molar refractivity (Wildman–Crippen MR) is 15.1 cm³/mol. The molecule has 0 bridgehead atoms. The van der Waals surface area contributed by atoms with Gasteiger partial charge in [-0.15, -0.1) is 0 Å². The van der Waals surface area contributed by atoms with Gasteiger partial charge in [-0.25, -0.2) is 9.78 Å². The molecule has 0 aliphatic rings. The van der Waals surface area contributed by atoms with E-state index in [9.17, 15) is 0 Å². The van der Waals surface area contributed by atoms with Crippen molar-refractivity contribution in [1.82, 2.24) is 0 Å². The summed E-state index contributed by atoms with van der Waals surface area (Å²) in [5.74, 6) is 0. The molecule has 0 aromatic carbocycles.